The number of carbonyl (C=O) groups is 1. The largest absolute Gasteiger partial charge is 0.444 e. The first kappa shape index (κ1) is 18.2. The van der Waals surface area contributed by atoms with Gasteiger partial charge in [-0.25, -0.2) is 8.42 Å². The number of sulfonamides is 1. The van der Waals surface area contributed by atoms with E-state index in [0.717, 1.165) is 11.3 Å². The molecule has 134 valence electrons. The number of hydrogen-bond donors (Lipinski definition) is 0. The average molecular weight is 427 g/mol. The Labute approximate surface area is 155 Å². The number of halogens is 1. The SMILES string of the molecule is CCN(CC)S(=O)(=O)c1ccc2c(c1)CCN2C(=O)c1ccc(Br)o1. The van der Waals surface area contributed by atoms with Crippen LogP contribution in [0.3, 0.4) is 0 Å². The van der Waals surface area contributed by atoms with Gasteiger partial charge in [-0.15, -0.1) is 0 Å². The van der Waals surface area contributed by atoms with Crippen molar-refractivity contribution in [2.45, 2.75) is 25.2 Å². The van der Waals surface area contributed by atoms with E-state index in [2.05, 4.69) is 15.9 Å². The van der Waals surface area contributed by atoms with E-state index < -0.39 is 10.0 Å². The van der Waals surface area contributed by atoms with Crippen LogP contribution in [-0.4, -0.2) is 38.3 Å². The zero-order valence-electron chi connectivity index (χ0n) is 14.0. The fourth-order valence-electron chi connectivity index (χ4n) is 3.02. The van der Waals surface area contributed by atoms with Gasteiger partial charge in [0, 0.05) is 25.3 Å². The Hall–Kier alpha value is -1.64. The van der Waals surface area contributed by atoms with Gasteiger partial charge in [0.15, 0.2) is 10.4 Å². The zero-order chi connectivity index (χ0) is 18.2. The van der Waals surface area contributed by atoms with Crippen molar-refractivity contribution in [3.8, 4) is 0 Å². The average Bonchev–Trinajstić information content (AvgIpc) is 3.20. The second-order valence-electron chi connectivity index (χ2n) is 5.69. The Balaban J connectivity index is 1.92. The first-order valence-corrected chi connectivity index (χ1v) is 10.3. The van der Waals surface area contributed by atoms with E-state index in [1.54, 1.807) is 35.2 Å². The van der Waals surface area contributed by atoms with E-state index in [4.69, 9.17) is 4.42 Å². The quantitative estimate of drug-likeness (QED) is 0.735. The van der Waals surface area contributed by atoms with Crippen molar-refractivity contribution in [3.05, 3.63) is 46.3 Å². The molecule has 1 aliphatic heterocycles. The zero-order valence-corrected chi connectivity index (χ0v) is 16.4. The fraction of sp³-hybridized carbons (Fsp3) is 0.353. The highest BCUT2D eigenvalue weighted by atomic mass is 79.9. The molecule has 0 aliphatic carbocycles. The molecule has 2 aromatic rings. The number of amides is 1. The molecule has 6 nitrogen and oxygen atoms in total. The van der Waals surface area contributed by atoms with Crippen LogP contribution in [0.5, 0.6) is 0 Å². The van der Waals surface area contributed by atoms with Gasteiger partial charge in [0.1, 0.15) is 0 Å². The summed E-state index contributed by atoms with van der Waals surface area (Å²) < 4.78 is 32.6. The summed E-state index contributed by atoms with van der Waals surface area (Å²) in [5, 5.41) is 0. The van der Waals surface area contributed by atoms with Crippen molar-refractivity contribution in [1.82, 2.24) is 4.31 Å². The maximum atomic E-state index is 12.7. The van der Waals surface area contributed by atoms with Gasteiger partial charge >= 0.3 is 0 Å². The number of hydrogen-bond acceptors (Lipinski definition) is 4. The number of fused-ring (bicyclic) bond motifs is 1. The summed E-state index contributed by atoms with van der Waals surface area (Å²) in [6.07, 6.45) is 0.616. The first-order chi connectivity index (χ1) is 11.9. The summed E-state index contributed by atoms with van der Waals surface area (Å²) in [5.74, 6) is 0.0170. The molecule has 0 fully saturated rings. The summed E-state index contributed by atoms with van der Waals surface area (Å²) in [4.78, 5) is 14.5. The second-order valence-corrected chi connectivity index (χ2v) is 8.41. The van der Waals surface area contributed by atoms with Crippen molar-refractivity contribution < 1.29 is 17.6 Å². The lowest BCUT2D eigenvalue weighted by Gasteiger charge is -2.20. The van der Waals surface area contributed by atoms with E-state index in [-0.39, 0.29) is 16.6 Å². The van der Waals surface area contributed by atoms with Crippen LogP contribution in [0.2, 0.25) is 0 Å². The molecule has 0 N–H and O–H groups in total. The molecule has 0 saturated heterocycles. The van der Waals surface area contributed by atoms with Crippen LogP contribution in [-0.2, 0) is 16.4 Å². The van der Waals surface area contributed by atoms with Gasteiger partial charge in [0.25, 0.3) is 5.91 Å². The number of nitrogens with zero attached hydrogens (tertiary/aromatic N) is 2. The molecule has 0 bridgehead atoms. The van der Waals surface area contributed by atoms with Crippen LogP contribution in [0.4, 0.5) is 5.69 Å². The Morgan fingerprint density at radius 1 is 1.24 bits per heavy atom. The van der Waals surface area contributed by atoms with Gasteiger partial charge < -0.3 is 9.32 Å². The van der Waals surface area contributed by atoms with E-state index in [1.165, 1.54) is 4.31 Å². The third-order valence-electron chi connectivity index (χ3n) is 4.32. The minimum Gasteiger partial charge on any atom is -0.444 e. The molecule has 0 atom stereocenters. The van der Waals surface area contributed by atoms with Crippen LogP contribution in [0.1, 0.15) is 30.0 Å². The maximum absolute atomic E-state index is 12.7. The molecule has 0 saturated carbocycles. The van der Waals surface area contributed by atoms with Gasteiger partial charge in [-0.05, 0) is 58.2 Å². The van der Waals surface area contributed by atoms with Crippen LogP contribution in [0, 0.1) is 0 Å². The Kier molecular flexibility index (Phi) is 5.04. The van der Waals surface area contributed by atoms with E-state index in [9.17, 15) is 13.2 Å². The maximum Gasteiger partial charge on any atom is 0.294 e. The van der Waals surface area contributed by atoms with Crippen molar-refractivity contribution >= 4 is 37.5 Å². The van der Waals surface area contributed by atoms with Crippen molar-refractivity contribution in [2.24, 2.45) is 0 Å². The third-order valence-corrected chi connectivity index (χ3v) is 6.79. The van der Waals surface area contributed by atoms with Gasteiger partial charge in [0.2, 0.25) is 10.0 Å². The van der Waals surface area contributed by atoms with Crippen molar-refractivity contribution in [2.75, 3.05) is 24.5 Å². The lowest BCUT2D eigenvalue weighted by molar-refractivity contribution is 0.0961. The second kappa shape index (κ2) is 6.93. The highest BCUT2D eigenvalue weighted by Crippen LogP contribution is 2.32. The minimum absolute atomic E-state index is 0.233. The number of carbonyl (C=O) groups excluding carboxylic acids is 1. The van der Waals surface area contributed by atoms with Gasteiger partial charge in [0.05, 0.1) is 4.90 Å². The smallest absolute Gasteiger partial charge is 0.294 e. The summed E-state index contributed by atoms with van der Waals surface area (Å²) in [5.41, 5.74) is 1.59. The molecule has 0 radical (unpaired) electrons. The third kappa shape index (κ3) is 3.26. The van der Waals surface area contributed by atoms with Crippen LogP contribution < -0.4 is 4.90 Å². The number of furan rings is 1. The van der Waals surface area contributed by atoms with Gasteiger partial charge in [-0.2, -0.15) is 4.31 Å². The van der Waals surface area contributed by atoms with Crippen LogP contribution >= 0.6 is 15.9 Å². The van der Waals surface area contributed by atoms with Gasteiger partial charge in [-0.1, -0.05) is 13.8 Å². The Morgan fingerprint density at radius 3 is 2.56 bits per heavy atom. The summed E-state index contributed by atoms with van der Waals surface area (Å²) in [6, 6.07) is 8.23. The molecule has 1 amide bonds. The summed E-state index contributed by atoms with van der Waals surface area (Å²) in [6.45, 7) is 4.98. The van der Waals surface area contributed by atoms with Gasteiger partial charge in [-0.3, -0.25) is 4.79 Å². The fourth-order valence-corrected chi connectivity index (χ4v) is 4.84. The molecule has 1 aromatic heterocycles. The monoisotopic (exact) mass is 426 g/mol. The van der Waals surface area contributed by atoms with E-state index in [0.29, 0.717) is 30.7 Å². The Morgan fingerprint density at radius 2 is 1.96 bits per heavy atom. The number of anilines is 1. The normalized spacial score (nSPS) is 14.2. The minimum atomic E-state index is -3.50. The molecule has 25 heavy (non-hydrogen) atoms. The topological polar surface area (TPSA) is 70.8 Å². The lowest BCUT2D eigenvalue weighted by atomic mass is 10.2. The lowest BCUT2D eigenvalue weighted by Crippen LogP contribution is -2.30. The number of rotatable bonds is 5. The highest BCUT2D eigenvalue weighted by molar-refractivity contribution is 9.10. The van der Waals surface area contributed by atoms with Crippen LogP contribution in [0.15, 0.2) is 44.3 Å². The summed E-state index contributed by atoms with van der Waals surface area (Å²) >= 11 is 3.19. The highest BCUT2D eigenvalue weighted by Gasteiger charge is 2.30. The predicted molar refractivity (Wildman–Crippen MR) is 98.3 cm³/mol. The summed E-state index contributed by atoms with van der Waals surface area (Å²) in [7, 11) is -3.50. The van der Waals surface area contributed by atoms with Crippen molar-refractivity contribution in [1.29, 1.82) is 0 Å². The molecule has 1 aliphatic rings. The first-order valence-electron chi connectivity index (χ1n) is 8.08. The molecule has 0 unspecified atom stereocenters. The standard InChI is InChI=1S/C17H19BrN2O4S/c1-3-19(4-2)25(22,23)13-5-6-14-12(11-13)9-10-20(14)17(21)15-7-8-16(18)24-15/h5-8,11H,3-4,9-10H2,1-2H3. The molecular formula is C17H19BrN2O4S. The molecule has 2 heterocycles. The molecule has 1 aromatic carbocycles. The molecule has 8 heteroatoms. The predicted octanol–water partition coefficient (Wildman–Crippen LogP) is 3.28. The van der Waals surface area contributed by atoms with Crippen LogP contribution in [0.25, 0.3) is 0 Å². The Bertz CT molecular complexity index is 903. The molecule has 0 spiro atoms. The number of benzene rings is 1. The molecule has 3 rings (SSSR count). The van der Waals surface area contributed by atoms with E-state index in [1.807, 2.05) is 13.8 Å². The van der Waals surface area contributed by atoms with E-state index >= 15 is 0 Å². The van der Waals surface area contributed by atoms with Crippen molar-refractivity contribution in [3.63, 3.8) is 0 Å². The molecular weight excluding hydrogens is 408 g/mol.